The van der Waals surface area contributed by atoms with Crippen LogP contribution in [0.4, 0.5) is 0 Å². The number of fused-ring (bicyclic) bond motifs is 1. The molecule has 0 unspecified atom stereocenters. The van der Waals surface area contributed by atoms with E-state index >= 15 is 0 Å². The van der Waals surface area contributed by atoms with Crippen molar-refractivity contribution in [1.82, 2.24) is 14.5 Å². The minimum absolute atomic E-state index is 0.0136. The molecule has 0 N–H and O–H groups in total. The maximum absolute atomic E-state index is 12.9. The minimum atomic E-state index is -0.0136. The van der Waals surface area contributed by atoms with E-state index in [0.29, 0.717) is 10.4 Å². The van der Waals surface area contributed by atoms with Gasteiger partial charge in [-0.2, -0.15) is 0 Å². The lowest BCUT2D eigenvalue weighted by Gasteiger charge is -2.68. The van der Waals surface area contributed by atoms with Crippen molar-refractivity contribution in [3.05, 3.63) is 26.6 Å². The van der Waals surface area contributed by atoms with E-state index in [0.717, 1.165) is 40.5 Å². The average Bonchev–Trinajstić information content (AvgIpc) is 2.46. The molecule has 2 aromatic heterocycles. The van der Waals surface area contributed by atoms with Crippen LogP contribution >= 0.6 is 27.7 Å². The summed E-state index contributed by atoms with van der Waals surface area (Å²) in [5, 5.41) is 1.69. The number of pyridine rings is 1. The van der Waals surface area contributed by atoms with E-state index in [1.807, 2.05) is 23.9 Å². The highest BCUT2D eigenvalue weighted by molar-refractivity contribution is 9.10. The minimum Gasteiger partial charge on any atom is -0.285 e. The second-order valence-electron chi connectivity index (χ2n) is 6.23. The molecule has 0 radical (unpaired) electrons. The van der Waals surface area contributed by atoms with Crippen LogP contribution in [-0.4, -0.2) is 20.8 Å². The molecule has 3 aliphatic carbocycles. The molecular formula is C15H16BrN3OS. The molecule has 0 aromatic carbocycles. The van der Waals surface area contributed by atoms with Gasteiger partial charge >= 0.3 is 0 Å². The van der Waals surface area contributed by atoms with Crippen molar-refractivity contribution in [2.24, 2.45) is 11.8 Å². The van der Waals surface area contributed by atoms with Crippen molar-refractivity contribution in [1.29, 1.82) is 0 Å². The van der Waals surface area contributed by atoms with Gasteiger partial charge in [0.05, 0.1) is 10.0 Å². The zero-order valence-corrected chi connectivity index (χ0v) is 14.6. The van der Waals surface area contributed by atoms with Crippen molar-refractivity contribution in [3.8, 4) is 0 Å². The Bertz CT molecular complexity index is 826. The van der Waals surface area contributed by atoms with E-state index in [1.165, 1.54) is 11.8 Å². The molecule has 0 saturated heterocycles. The molecule has 0 aliphatic heterocycles. The van der Waals surface area contributed by atoms with Crippen LogP contribution in [0.15, 0.2) is 20.6 Å². The number of hydrogen-bond acceptors (Lipinski definition) is 4. The van der Waals surface area contributed by atoms with Crippen molar-refractivity contribution >= 4 is 38.7 Å². The molecule has 3 aliphatic rings. The van der Waals surface area contributed by atoms with Gasteiger partial charge in [0.1, 0.15) is 5.65 Å². The molecule has 4 nitrogen and oxygen atoms in total. The molecule has 2 bridgehead atoms. The maximum Gasteiger partial charge on any atom is 0.267 e. The van der Waals surface area contributed by atoms with Gasteiger partial charge in [-0.25, -0.2) is 9.97 Å². The standard InChI is InChI=1S/C15H16BrN3OS/c1-7-10-6-17-14(21-3)18-12(10)19(13(20)11(7)16)15-4-9(5-15)8(15)2/h6,8-9H,4-5H2,1-3H3/t8-,9?,15?/m1/s1. The summed E-state index contributed by atoms with van der Waals surface area (Å²) >= 11 is 4.98. The average molecular weight is 366 g/mol. The number of aryl methyl sites for hydroxylation is 1. The molecule has 1 atom stereocenters. The summed E-state index contributed by atoms with van der Waals surface area (Å²) in [6, 6.07) is 0. The second kappa shape index (κ2) is 4.32. The van der Waals surface area contributed by atoms with Crippen LogP contribution in [0, 0.1) is 18.8 Å². The molecule has 21 heavy (non-hydrogen) atoms. The van der Waals surface area contributed by atoms with E-state index in [9.17, 15) is 4.79 Å². The smallest absolute Gasteiger partial charge is 0.267 e. The molecule has 3 fully saturated rings. The van der Waals surface area contributed by atoms with Crippen LogP contribution in [0.3, 0.4) is 0 Å². The Morgan fingerprint density at radius 3 is 2.71 bits per heavy atom. The van der Waals surface area contributed by atoms with Gasteiger partial charge in [-0.15, -0.1) is 0 Å². The number of nitrogens with zero attached hydrogens (tertiary/aromatic N) is 3. The molecule has 0 amide bonds. The van der Waals surface area contributed by atoms with Gasteiger partial charge in [-0.05, 0) is 59.4 Å². The van der Waals surface area contributed by atoms with Gasteiger partial charge in [-0.1, -0.05) is 18.7 Å². The lowest BCUT2D eigenvalue weighted by molar-refractivity contribution is -0.162. The molecule has 5 rings (SSSR count). The fourth-order valence-electron chi connectivity index (χ4n) is 3.85. The zero-order valence-electron chi connectivity index (χ0n) is 12.2. The Morgan fingerprint density at radius 1 is 1.48 bits per heavy atom. The normalized spacial score (nSPS) is 30.1. The summed E-state index contributed by atoms with van der Waals surface area (Å²) in [4.78, 5) is 21.9. The lowest BCUT2D eigenvalue weighted by Crippen LogP contribution is -2.69. The van der Waals surface area contributed by atoms with Crippen LogP contribution in [0.5, 0.6) is 0 Å². The topological polar surface area (TPSA) is 47.8 Å². The quantitative estimate of drug-likeness (QED) is 0.604. The highest BCUT2D eigenvalue weighted by Gasteiger charge is 2.65. The monoisotopic (exact) mass is 365 g/mol. The van der Waals surface area contributed by atoms with Gasteiger partial charge in [0.2, 0.25) is 0 Å². The van der Waals surface area contributed by atoms with Gasteiger partial charge in [0.25, 0.3) is 5.56 Å². The van der Waals surface area contributed by atoms with Crippen LogP contribution in [0.2, 0.25) is 0 Å². The van der Waals surface area contributed by atoms with Gasteiger partial charge in [-0.3, -0.25) is 9.36 Å². The first-order chi connectivity index (χ1) is 9.99. The van der Waals surface area contributed by atoms with E-state index in [2.05, 4.69) is 32.8 Å². The van der Waals surface area contributed by atoms with Gasteiger partial charge < -0.3 is 0 Å². The zero-order chi connectivity index (χ0) is 14.9. The summed E-state index contributed by atoms with van der Waals surface area (Å²) in [6.45, 7) is 4.20. The van der Waals surface area contributed by atoms with E-state index in [-0.39, 0.29) is 11.1 Å². The number of hydrogen-bond donors (Lipinski definition) is 0. The third-order valence-corrected chi connectivity index (χ3v) is 6.99. The lowest BCUT2D eigenvalue weighted by atomic mass is 9.43. The van der Waals surface area contributed by atoms with E-state index < -0.39 is 0 Å². The SMILES string of the molecule is CSc1ncc2c(C)c(Br)c(=O)n(C34CC(C3)[C@H]4C)c2n1. The summed E-state index contributed by atoms with van der Waals surface area (Å²) < 4.78 is 2.60. The van der Waals surface area contributed by atoms with E-state index in [1.54, 1.807) is 0 Å². The number of aromatic nitrogens is 3. The summed E-state index contributed by atoms with van der Waals surface area (Å²) in [5.41, 5.74) is 1.76. The Hall–Kier alpha value is -0.880. The predicted molar refractivity (Wildman–Crippen MR) is 87.9 cm³/mol. The summed E-state index contributed by atoms with van der Waals surface area (Å²) in [5.74, 6) is 1.36. The fourth-order valence-corrected chi connectivity index (χ4v) is 4.58. The molecular weight excluding hydrogens is 350 g/mol. The largest absolute Gasteiger partial charge is 0.285 e. The van der Waals surface area contributed by atoms with Crippen LogP contribution < -0.4 is 5.56 Å². The molecule has 3 saturated carbocycles. The number of rotatable bonds is 2. The summed E-state index contributed by atoms with van der Waals surface area (Å²) in [7, 11) is 0. The van der Waals surface area contributed by atoms with E-state index in [4.69, 9.17) is 0 Å². The van der Waals surface area contributed by atoms with Crippen molar-refractivity contribution in [2.75, 3.05) is 6.26 Å². The molecule has 2 heterocycles. The first-order valence-electron chi connectivity index (χ1n) is 7.12. The Kier molecular flexibility index (Phi) is 2.83. The van der Waals surface area contributed by atoms with Crippen LogP contribution in [0.1, 0.15) is 25.3 Å². The number of thioether (sulfide) groups is 1. The third kappa shape index (κ3) is 1.55. The first kappa shape index (κ1) is 13.8. The van der Waals surface area contributed by atoms with Crippen LogP contribution in [-0.2, 0) is 5.54 Å². The maximum atomic E-state index is 12.9. The van der Waals surface area contributed by atoms with Crippen LogP contribution in [0.25, 0.3) is 11.0 Å². The van der Waals surface area contributed by atoms with Crippen molar-refractivity contribution in [3.63, 3.8) is 0 Å². The predicted octanol–water partition coefficient (Wildman–Crippen LogP) is 3.34. The molecule has 2 aromatic rings. The van der Waals surface area contributed by atoms with Gasteiger partial charge in [0.15, 0.2) is 5.16 Å². The molecule has 110 valence electrons. The third-order valence-electron chi connectivity index (χ3n) is 5.50. The Balaban J connectivity index is 2.10. The molecule has 6 heteroatoms. The van der Waals surface area contributed by atoms with Gasteiger partial charge in [0, 0.05) is 11.6 Å². The highest BCUT2D eigenvalue weighted by atomic mass is 79.9. The Labute approximate surface area is 135 Å². The Morgan fingerprint density at radius 2 is 2.19 bits per heavy atom. The summed E-state index contributed by atoms with van der Waals surface area (Å²) in [6.07, 6.45) is 6.02. The highest BCUT2D eigenvalue weighted by Crippen LogP contribution is 2.66. The first-order valence-corrected chi connectivity index (χ1v) is 9.13. The van der Waals surface area contributed by atoms with Crippen molar-refractivity contribution < 1.29 is 0 Å². The number of halogens is 1. The van der Waals surface area contributed by atoms with Crippen molar-refractivity contribution in [2.45, 2.75) is 37.4 Å². The second-order valence-corrected chi connectivity index (χ2v) is 7.80. The molecule has 0 spiro atoms. The fraction of sp³-hybridized carbons (Fsp3) is 0.533.